The van der Waals surface area contributed by atoms with E-state index in [2.05, 4.69) is 12.2 Å². The van der Waals surface area contributed by atoms with E-state index in [1.807, 2.05) is 20.8 Å². The average molecular weight is 520 g/mol. The molecule has 0 heterocycles. The summed E-state index contributed by atoms with van der Waals surface area (Å²) in [6.45, 7) is 11.9. The van der Waals surface area contributed by atoms with Crippen molar-refractivity contribution in [3.63, 3.8) is 0 Å². The van der Waals surface area contributed by atoms with Gasteiger partial charge in [-0.25, -0.2) is 4.79 Å². The third-order valence-electron chi connectivity index (χ3n) is 5.01. The van der Waals surface area contributed by atoms with E-state index in [1.54, 1.807) is 0 Å². The van der Waals surface area contributed by atoms with E-state index >= 15 is 0 Å². The Morgan fingerprint density at radius 1 is 0.611 bits per heavy atom. The van der Waals surface area contributed by atoms with Crippen molar-refractivity contribution in [1.82, 2.24) is 5.32 Å². The van der Waals surface area contributed by atoms with Crippen LogP contribution in [0, 0.1) is 0 Å². The van der Waals surface area contributed by atoms with Crippen molar-refractivity contribution in [2.75, 3.05) is 66.0 Å². The van der Waals surface area contributed by atoms with E-state index in [0.29, 0.717) is 65.8 Å². The summed E-state index contributed by atoms with van der Waals surface area (Å²) in [4.78, 5) is 23.2. The lowest BCUT2D eigenvalue weighted by Crippen LogP contribution is -2.34. The Bertz CT molecular complexity index is 510. The first kappa shape index (κ1) is 34.6. The van der Waals surface area contributed by atoms with Crippen LogP contribution in [-0.4, -0.2) is 83.7 Å². The fourth-order valence-electron chi connectivity index (χ4n) is 3.17. The third kappa shape index (κ3) is 28.8. The predicted molar refractivity (Wildman–Crippen MR) is 140 cm³/mol. The summed E-state index contributed by atoms with van der Waals surface area (Å²) in [6, 6.07) is 0. The van der Waals surface area contributed by atoms with Gasteiger partial charge in [0.15, 0.2) is 0 Å². The maximum atomic E-state index is 11.7. The van der Waals surface area contributed by atoms with E-state index in [-0.39, 0.29) is 12.6 Å². The van der Waals surface area contributed by atoms with Gasteiger partial charge in [-0.05, 0) is 27.2 Å². The summed E-state index contributed by atoms with van der Waals surface area (Å²) in [6.07, 6.45) is 11.1. The van der Waals surface area contributed by atoms with Crippen molar-refractivity contribution in [1.29, 1.82) is 0 Å². The Labute approximate surface area is 219 Å². The normalized spacial score (nSPS) is 11.4. The SMILES string of the molecule is CCCCCCCCCCCC(=O)OCCOCCOCCOCCOCCNC(=O)OC(C)(C)C. The fourth-order valence-corrected chi connectivity index (χ4v) is 3.17. The molecule has 9 nitrogen and oxygen atoms in total. The van der Waals surface area contributed by atoms with Crippen molar-refractivity contribution in [3.05, 3.63) is 0 Å². The summed E-state index contributed by atoms with van der Waals surface area (Å²) in [5.74, 6) is -0.141. The van der Waals surface area contributed by atoms with Crippen LogP contribution < -0.4 is 5.32 Å². The van der Waals surface area contributed by atoms with Gasteiger partial charge in [0.05, 0.1) is 52.9 Å². The van der Waals surface area contributed by atoms with Gasteiger partial charge in [-0.2, -0.15) is 0 Å². The number of ether oxygens (including phenoxy) is 6. The van der Waals surface area contributed by atoms with E-state index in [0.717, 1.165) is 12.8 Å². The monoisotopic (exact) mass is 519 g/mol. The van der Waals surface area contributed by atoms with Crippen molar-refractivity contribution < 1.29 is 38.0 Å². The lowest BCUT2D eigenvalue weighted by molar-refractivity contribution is -0.145. The minimum atomic E-state index is -0.506. The van der Waals surface area contributed by atoms with Gasteiger partial charge in [-0.3, -0.25) is 4.79 Å². The van der Waals surface area contributed by atoms with Crippen molar-refractivity contribution in [2.24, 2.45) is 0 Å². The van der Waals surface area contributed by atoms with E-state index in [9.17, 15) is 9.59 Å². The van der Waals surface area contributed by atoms with Crippen LogP contribution in [0.5, 0.6) is 0 Å². The van der Waals surface area contributed by atoms with Crippen LogP contribution in [0.15, 0.2) is 0 Å². The first-order valence-corrected chi connectivity index (χ1v) is 13.8. The third-order valence-corrected chi connectivity index (χ3v) is 5.01. The molecule has 0 atom stereocenters. The number of hydrogen-bond acceptors (Lipinski definition) is 8. The minimum absolute atomic E-state index is 0.141. The second-order valence-electron chi connectivity index (χ2n) is 9.68. The Morgan fingerprint density at radius 3 is 1.56 bits per heavy atom. The largest absolute Gasteiger partial charge is 0.463 e. The van der Waals surface area contributed by atoms with Crippen LogP contribution in [0.3, 0.4) is 0 Å². The van der Waals surface area contributed by atoms with Gasteiger partial charge in [0.1, 0.15) is 12.2 Å². The van der Waals surface area contributed by atoms with Gasteiger partial charge >= 0.3 is 12.1 Å². The van der Waals surface area contributed by atoms with E-state index < -0.39 is 11.7 Å². The summed E-state index contributed by atoms with van der Waals surface area (Å²) in [5, 5.41) is 2.62. The molecule has 0 aromatic heterocycles. The van der Waals surface area contributed by atoms with Crippen LogP contribution in [0.2, 0.25) is 0 Å². The molecule has 0 saturated carbocycles. The number of hydrogen-bond donors (Lipinski definition) is 1. The number of nitrogens with one attached hydrogen (secondary N) is 1. The lowest BCUT2D eigenvalue weighted by Gasteiger charge is -2.19. The molecule has 214 valence electrons. The molecule has 0 fully saturated rings. The molecule has 0 aromatic carbocycles. The first-order chi connectivity index (χ1) is 17.3. The molecule has 0 rings (SSSR count). The number of alkyl carbamates (subject to hydrolysis) is 1. The number of carbonyl (C=O) groups excluding carboxylic acids is 2. The summed E-state index contributed by atoms with van der Waals surface area (Å²) in [5.41, 5.74) is -0.506. The van der Waals surface area contributed by atoms with Crippen LogP contribution >= 0.6 is 0 Å². The highest BCUT2D eigenvalue weighted by Gasteiger charge is 2.15. The zero-order valence-electron chi connectivity index (χ0n) is 23.4. The molecule has 0 bridgehead atoms. The molecule has 0 radical (unpaired) electrons. The highest BCUT2D eigenvalue weighted by Crippen LogP contribution is 2.10. The van der Waals surface area contributed by atoms with Crippen molar-refractivity contribution >= 4 is 12.1 Å². The number of rotatable bonds is 25. The van der Waals surface area contributed by atoms with Crippen LogP contribution in [-0.2, 0) is 33.2 Å². The Kier molecular flexibility index (Phi) is 24.2. The topological polar surface area (TPSA) is 102 Å². The molecule has 0 unspecified atom stereocenters. The molecule has 36 heavy (non-hydrogen) atoms. The van der Waals surface area contributed by atoms with E-state index in [4.69, 9.17) is 28.4 Å². The lowest BCUT2D eigenvalue weighted by atomic mass is 10.1. The Balaban J connectivity index is 3.21. The van der Waals surface area contributed by atoms with E-state index in [1.165, 1.54) is 44.9 Å². The van der Waals surface area contributed by atoms with Crippen molar-refractivity contribution in [2.45, 2.75) is 97.5 Å². The zero-order chi connectivity index (χ0) is 26.7. The van der Waals surface area contributed by atoms with Crippen molar-refractivity contribution in [3.8, 4) is 0 Å². The predicted octanol–water partition coefficient (Wildman–Crippen LogP) is 5.04. The molecule has 1 N–H and O–H groups in total. The first-order valence-electron chi connectivity index (χ1n) is 13.8. The molecule has 1 amide bonds. The van der Waals surface area contributed by atoms with Crippen LogP contribution in [0.4, 0.5) is 4.79 Å². The number of unbranched alkanes of at least 4 members (excludes halogenated alkanes) is 8. The minimum Gasteiger partial charge on any atom is -0.463 e. The van der Waals surface area contributed by atoms with Crippen LogP contribution in [0.25, 0.3) is 0 Å². The second kappa shape index (κ2) is 25.2. The second-order valence-corrected chi connectivity index (χ2v) is 9.68. The van der Waals surface area contributed by atoms with Crippen LogP contribution in [0.1, 0.15) is 91.9 Å². The van der Waals surface area contributed by atoms with Gasteiger partial charge in [0.25, 0.3) is 0 Å². The van der Waals surface area contributed by atoms with Gasteiger partial charge in [0, 0.05) is 13.0 Å². The van der Waals surface area contributed by atoms with Gasteiger partial charge < -0.3 is 33.7 Å². The summed E-state index contributed by atoms with van der Waals surface area (Å²) >= 11 is 0. The molecule has 0 aliphatic carbocycles. The van der Waals surface area contributed by atoms with Gasteiger partial charge in [-0.15, -0.1) is 0 Å². The maximum Gasteiger partial charge on any atom is 0.407 e. The highest BCUT2D eigenvalue weighted by molar-refractivity contribution is 5.69. The maximum absolute atomic E-state index is 11.7. The summed E-state index contributed by atoms with van der Waals surface area (Å²) in [7, 11) is 0. The molecule has 9 heteroatoms. The zero-order valence-corrected chi connectivity index (χ0v) is 23.4. The molecule has 0 aliphatic rings. The molecule has 0 saturated heterocycles. The molecular formula is C27H53NO8. The number of carbonyl (C=O) groups is 2. The smallest absolute Gasteiger partial charge is 0.407 e. The fraction of sp³-hybridized carbons (Fsp3) is 0.926. The highest BCUT2D eigenvalue weighted by atomic mass is 16.6. The quantitative estimate of drug-likeness (QED) is 0.132. The number of esters is 1. The molecule has 0 aliphatic heterocycles. The standard InChI is InChI=1S/C27H53NO8/c1-5-6-7-8-9-10-11-12-13-14-25(29)35-24-23-34-22-21-33-20-19-32-18-17-31-16-15-28-26(30)36-27(2,3)4/h5-24H2,1-4H3,(H,28,30). The number of amides is 1. The Morgan fingerprint density at radius 2 is 1.06 bits per heavy atom. The molecule has 0 spiro atoms. The summed E-state index contributed by atoms with van der Waals surface area (Å²) < 4.78 is 31.9. The Hall–Kier alpha value is -1.42. The average Bonchev–Trinajstić information content (AvgIpc) is 2.81. The van der Waals surface area contributed by atoms with Gasteiger partial charge in [0.2, 0.25) is 0 Å². The molecular weight excluding hydrogens is 466 g/mol. The van der Waals surface area contributed by atoms with Gasteiger partial charge in [-0.1, -0.05) is 58.3 Å². The molecule has 0 aromatic rings.